The van der Waals surface area contributed by atoms with Crippen LogP contribution in [0.2, 0.25) is 0 Å². The zero-order chi connectivity index (χ0) is 13.8. The molecular weight excluding hydrogens is 248 g/mol. The highest BCUT2D eigenvalue weighted by Gasteiger charge is 2.08. The van der Waals surface area contributed by atoms with Gasteiger partial charge in [-0.05, 0) is 19.1 Å². The van der Waals surface area contributed by atoms with Crippen molar-refractivity contribution in [2.75, 3.05) is 0 Å². The maximum Gasteiger partial charge on any atom is 0.131 e. The summed E-state index contributed by atoms with van der Waals surface area (Å²) < 4.78 is 32.4. The summed E-state index contributed by atoms with van der Waals surface area (Å²) >= 11 is 0. The first-order valence-electron chi connectivity index (χ1n) is 5.99. The van der Waals surface area contributed by atoms with E-state index in [1.54, 1.807) is 37.3 Å². The molecule has 0 fully saturated rings. The second kappa shape index (κ2) is 5.80. The van der Waals surface area contributed by atoms with Crippen LogP contribution in [0.15, 0.2) is 42.5 Å². The Morgan fingerprint density at radius 1 is 1.11 bits per heavy atom. The molecule has 0 unspecified atom stereocenters. The number of rotatable bonds is 4. The average Bonchev–Trinajstić information content (AvgIpc) is 2.37. The molecule has 100 valence electrons. The SMILES string of the molecule is C[C@H](N)c1ccc(OCc2ccccc2F)cc1F. The van der Waals surface area contributed by atoms with Crippen molar-refractivity contribution < 1.29 is 13.5 Å². The van der Waals surface area contributed by atoms with E-state index in [4.69, 9.17) is 10.5 Å². The first-order valence-corrected chi connectivity index (χ1v) is 5.99. The van der Waals surface area contributed by atoms with E-state index in [0.29, 0.717) is 16.9 Å². The van der Waals surface area contributed by atoms with Crippen LogP contribution in [0.5, 0.6) is 5.75 Å². The van der Waals surface area contributed by atoms with Crippen LogP contribution >= 0.6 is 0 Å². The first kappa shape index (κ1) is 13.5. The van der Waals surface area contributed by atoms with E-state index >= 15 is 0 Å². The smallest absolute Gasteiger partial charge is 0.131 e. The monoisotopic (exact) mass is 263 g/mol. The third kappa shape index (κ3) is 3.29. The molecule has 19 heavy (non-hydrogen) atoms. The van der Waals surface area contributed by atoms with Gasteiger partial charge in [0.25, 0.3) is 0 Å². The Labute approximate surface area is 110 Å². The molecule has 0 amide bonds. The van der Waals surface area contributed by atoms with Gasteiger partial charge in [0.2, 0.25) is 0 Å². The predicted octanol–water partition coefficient (Wildman–Crippen LogP) is 3.56. The van der Waals surface area contributed by atoms with Gasteiger partial charge in [0.05, 0.1) is 0 Å². The van der Waals surface area contributed by atoms with Gasteiger partial charge in [-0.15, -0.1) is 0 Å². The molecular formula is C15H15F2NO. The van der Waals surface area contributed by atoms with Crippen LogP contribution in [0.25, 0.3) is 0 Å². The predicted molar refractivity (Wildman–Crippen MR) is 69.7 cm³/mol. The summed E-state index contributed by atoms with van der Waals surface area (Å²) in [6.45, 7) is 1.77. The van der Waals surface area contributed by atoms with Gasteiger partial charge >= 0.3 is 0 Å². The number of hydrogen-bond donors (Lipinski definition) is 1. The van der Waals surface area contributed by atoms with Crippen molar-refractivity contribution in [3.05, 3.63) is 65.2 Å². The number of halogens is 2. The Morgan fingerprint density at radius 2 is 1.84 bits per heavy atom. The van der Waals surface area contributed by atoms with Crippen LogP contribution in [-0.4, -0.2) is 0 Å². The van der Waals surface area contributed by atoms with Crippen LogP contribution in [0.1, 0.15) is 24.1 Å². The highest BCUT2D eigenvalue weighted by molar-refractivity contribution is 5.31. The molecule has 0 heterocycles. The molecule has 2 nitrogen and oxygen atoms in total. The number of nitrogens with two attached hydrogens (primary N) is 1. The van der Waals surface area contributed by atoms with Gasteiger partial charge in [0, 0.05) is 23.2 Å². The van der Waals surface area contributed by atoms with Gasteiger partial charge in [-0.25, -0.2) is 8.78 Å². The van der Waals surface area contributed by atoms with Gasteiger partial charge in [0.15, 0.2) is 0 Å². The molecule has 0 aromatic heterocycles. The molecule has 1 atom stereocenters. The Kier molecular flexibility index (Phi) is 4.12. The minimum absolute atomic E-state index is 0.0592. The van der Waals surface area contributed by atoms with Crippen LogP contribution in [0.3, 0.4) is 0 Å². The lowest BCUT2D eigenvalue weighted by Gasteiger charge is -2.10. The Balaban J connectivity index is 2.08. The lowest BCUT2D eigenvalue weighted by Crippen LogP contribution is -2.07. The molecule has 2 aromatic carbocycles. The van der Waals surface area contributed by atoms with E-state index in [-0.39, 0.29) is 18.5 Å². The summed E-state index contributed by atoms with van der Waals surface area (Å²) in [5.41, 5.74) is 6.48. The lowest BCUT2D eigenvalue weighted by atomic mass is 10.1. The topological polar surface area (TPSA) is 35.2 Å². The van der Waals surface area contributed by atoms with Gasteiger partial charge < -0.3 is 10.5 Å². The third-order valence-corrected chi connectivity index (χ3v) is 2.81. The summed E-state index contributed by atoms with van der Waals surface area (Å²) in [6.07, 6.45) is 0. The van der Waals surface area contributed by atoms with E-state index < -0.39 is 5.82 Å². The van der Waals surface area contributed by atoms with Crippen molar-refractivity contribution in [1.82, 2.24) is 0 Å². The summed E-state index contributed by atoms with van der Waals surface area (Å²) in [5.74, 6) is -0.402. The van der Waals surface area contributed by atoms with Gasteiger partial charge in [-0.3, -0.25) is 0 Å². The standard InChI is InChI=1S/C15H15F2NO/c1-10(18)13-7-6-12(8-15(13)17)19-9-11-4-2-3-5-14(11)16/h2-8,10H,9,18H2,1H3/t10-/m0/s1. The molecule has 0 aliphatic rings. The molecule has 0 aliphatic carbocycles. The second-order valence-corrected chi connectivity index (χ2v) is 4.35. The molecule has 0 aliphatic heterocycles. The molecule has 0 spiro atoms. The molecule has 0 radical (unpaired) electrons. The van der Waals surface area contributed by atoms with Crippen LogP contribution < -0.4 is 10.5 Å². The summed E-state index contributed by atoms with van der Waals surface area (Å²) in [7, 11) is 0. The highest BCUT2D eigenvalue weighted by atomic mass is 19.1. The molecule has 0 saturated heterocycles. The van der Waals surface area contributed by atoms with E-state index in [9.17, 15) is 8.78 Å². The molecule has 2 N–H and O–H groups in total. The maximum absolute atomic E-state index is 13.7. The van der Waals surface area contributed by atoms with Crippen molar-refractivity contribution in [1.29, 1.82) is 0 Å². The Morgan fingerprint density at radius 3 is 2.47 bits per heavy atom. The Bertz CT molecular complexity index is 570. The molecule has 2 aromatic rings. The van der Waals surface area contributed by atoms with Gasteiger partial charge in [0.1, 0.15) is 24.0 Å². The molecule has 0 bridgehead atoms. The van der Waals surface area contributed by atoms with Crippen LogP contribution in [-0.2, 0) is 6.61 Å². The summed E-state index contributed by atoms with van der Waals surface area (Å²) in [5, 5.41) is 0. The van der Waals surface area contributed by atoms with Crippen molar-refractivity contribution in [3.63, 3.8) is 0 Å². The summed E-state index contributed by atoms with van der Waals surface area (Å²) in [6, 6.07) is 10.4. The van der Waals surface area contributed by atoms with Crippen molar-refractivity contribution in [2.24, 2.45) is 5.73 Å². The van der Waals surface area contributed by atoms with Gasteiger partial charge in [-0.1, -0.05) is 24.3 Å². The number of hydrogen-bond acceptors (Lipinski definition) is 2. The maximum atomic E-state index is 13.7. The normalized spacial score (nSPS) is 12.2. The fourth-order valence-corrected chi connectivity index (χ4v) is 1.74. The molecule has 2 rings (SSSR count). The molecule has 4 heteroatoms. The number of ether oxygens (including phenoxy) is 1. The molecule has 0 saturated carbocycles. The minimum Gasteiger partial charge on any atom is -0.489 e. The van der Waals surface area contributed by atoms with Crippen molar-refractivity contribution in [3.8, 4) is 5.75 Å². The van der Waals surface area contributed by atoms with Gasteiger partial charge in [-0.2, -0.15) is 0 Å². The zero-order valence-corrected chi connectivity index (χ0v) is 10.6. The average molecular weight is 263 g/mol. The van der Waals surface area contributed by atoms with Crippen molar-refractivity contribution in [2.45, 2.75) is 19.6 Å². The van der Waals surface area contributed by atoms with E-state index in [0.717, 1.165) is 0 Å². The Hall–Kier alpha value is -1.94. The zero-order valence-electron chi connectivity index (χ0n) is 10.6. The lowest BCUT2D eigenvalue weighted by molar-refractivity contribution is 0.298. The number of benzene rings is 2. The van der Waals surface area contributed by atoms with Crippen LogP contribution in [0, 0.1) is 11.6 Å². The largest absolute Gasteiger partial charge is 0.489 e. The van der Waals surface area contributed by atoms with Crippen LogP contribution in [0.4, 0.5) is 8.78 Å². The third-order valence-electron chi connectivity index (χ3n) is 2.81. The fourth-order valence-electron chi connectivity index (χ4n) is 1.74. The quantitative estimate of drug-likeness (QED) is 0.915. The van der Waals surface area contributed by atoms with Crippen molar-refractivity contribution >= 4 is 0 Å². The van der Waals surface area contributed by atoms with E-state index in [1.165, 1.54) is 12.1 Å². The van der Waals surface area contributed by atoms with E-state index in [2.05, 4.69) is 0 Å². The second-order valence-electron chi connectivity index (χ2n) is 4.35. The minimum atomic E-state index is -0.416. The highest BCUT2D eigenvalue weighted by Crippen LogP contribution is 2.21. The summed E-state index contributed by atoms with van der Waals surface area (Å²) in [4.78, 5) is 0. The first-order chi connectivity index (χ1) is 9.08. The fraction of sp³-hybridized carbons (Fsp3) is 0.200. The van der Waals surface area contributed by atoms with E-state index in [1.807, 2.05) is 0 Å².